The molecule has 0 aromatic heterocycles. The van der Waals surface area contributed by atoms with Gasteiger partial charge in [-0.25, -0.2) is 0 Å². The van der Waals surface area contributed by atoms with Crippen molar-refractivity contribution in [2.45, 2.75) is 25.9 Å². The van der Waals surface area contributed by atoms with E-state index in [4.69, 9.17) is 9.47 Å². The summed E-state index contributed by atoms with van der Waals surface area (Å²) < 4.78 is 11.6. The van der Waals surface area contributed by atoms with Gasteiger partial charge in [-0.1, -0.05) is 29.8 Å². The molecule has 4 nitrogen and oxygen atoms in total. The van der Waals surface area contributed by atoms with Crippen LogP contribution in [0.4, 0.5) is 5.69 Å². The van der Waals surface area contributed by atoms with Crippen LogP contribution in [0.15, 0.2) is 42.5 Å². The van der Waals surface area contributed by atoms with Gasteiger partial charge < -0.3 is 14.4 Å². The van der Waals surface area contributed by atoms with E-state index in [0.29, 0.717) is 11.5 Å². The first-order valence-electron chi connectivity index (χ1n) is 8.02. The van der Waals surface area contributed by atoms with Crippen molar-refractivity contribution in [3.8, 4) is 11.5 Å². The maximum Gasteiger partial charge on any atom is 0.271 e. The van der Waals surface area contributed by atoms with Gasteiger partial charge in [-0.15, -0.1) is 0 Å². The van der Waals surface area contributed by atoms with Crippen molar-refractivity contribution >= 4 is 11.6 Å². The van der Waals surface area contributed by atoms with Gasteiger partial charge in [0.15, 0.2) is 11.5 Å². The summed E-state index contributed by atoms with van der Waals surface area (Å²) in [6.45, 7) is 3.07. The topological polar surface area (TPSA) is 38.8 Å². The molecule has 0 N–H and O–H groups in total. The van der Waals surface area contributed by atoms with Gasteiger partial charge in [0.1, 0.15) is 6.61 Å². The number of hydrogen-bond donors (Lipinski definition) is 0. The summed E-state index contributed by atoms with van der Waals surface area (Å²) in [6.07, 6.45) is 1.41. The maximum absolute atomic E-state index is 12.9. The third kappa shape index (κ3) is 2.54. The lowest BCUT2D eigenvalue weighted by atomic mass is 9.99. The van der Waals surface area contributed by atoms with Crippen LogP contribution in [0.3, 0.4) is 0 Å². The molecule has 4 heteroatoms. The van der Waals surface area contributed by atoms with Gasteiger partial charge in [0.05, 0.1) is 0 Å². The molecule has 118 valence electrons. The molecule has 0 bridgehead atoms. The third-order valence-corrected chi connectivity index (χ3v) is 4.40. The molecule has 23 heavy (non-hydrogen) atoms. The summed E-state index contributed by atoms with van der Waals surface area (Å²) in [5, 5.41) is 0. The molecule has 2 aromatic rings. The number of carbonyl (C=O) groups is 1. The molecule has 0 saturated carbocycles. The average Bonchev–Trinajstić information content (AvgIpc) is 2.60. The Morgan fingerprint density at radius 1 is 1.17 bits per heavy atom. The van der Waals surface area contributed by atoms with Gasteiger partial charge in [0, 0.05) is 12.2 Å². The van der Waals surface area contributed by atoms with Crippen LogP contribution in [0.5, 0.6) is 11.5 Å². The number of anilines is 1. The second kappa shape index (κ2) is 5.61. The highest BCUT2D eigenvalue weighted by Gasteiger charge is 2.33. The Morgan fingerprint density at radius 3 is 2.87 bits per heavy atom. The van der Waals surface area contributed by atoms with Crippen LogP contribution in [-0.4, -0.2) is 25.2 Å². The zero-order chi connectivity index (χ0) is 15.8. The summed E-state index contributed by atoms with van der Waals surface area (Å²) in [5.41, 5.74) is 3.47. The molecule has 0 aliphatic carbocycles. The van der Waals surface area contributed by atoms with Gasteiger partial charge in [0.25, 0.3) is 5.91 Å². The Kier molecular flexibility index (Phi) is 3.45. The van der Waals surface area contributed by atoms with Gasteiger partial charge in [-0.2, -0.15) is 0 Å². The number of nitrogens with zero attached hydrogens (tertiary/aromatic N) is 1. The molecule has 0 spiro atoms. The van der Waals surface area contributed by atoms with E-state index in [9.17, 15) is 4.79 Å². The highest BCUT2D eigenvalue weighted by Crippen LogP contribution is 2.33. The molecular formula is C19H19NO3. The van der Waals surface area contributed by atoms with E-state index in [2.05, 4.69) is 19.1 Å². The van der Waals surface area contributed by atoms with E-state index in [0.717, 1.165) is 25.1 Å². The molecule has 0 fully saturated rings. The van der Waals surface area contributed by atoms with Crippen molar-refractivity contribution in [3.63, 3.8) is 0 Å². The molecule has 0 radical (unpaired) electrons. The van der Waals surface area contributed by atoms with E-state index in [1.807, 2.05) is 35.2 Å². The molecule has 1 unspecified atom stereocenters. The second-order valence-corrected chi connectivity index (χ2v) is 6.09. The lowest BCUT2D eigenvalue weighted by molar-refractivity contribution is -0.127. The van der Waals surface area contributed by atoms with E-state index in [1.54, 1.807) is 0 Å². The minimum atomic E-state index is -0.586. The molecule has 2 aliphatic rings. The summed E-state index contributed by atoms with van der Waals surface area (Å²) in [4.78, 5) is 14.8. The number of rotatable bonds is 1. The number of aryl methyl sites for hydroxylation is 2. The van der Waals surface area contributed by atoms with Crippen LogP contribution in [0.25, 0.3) is 0 Å². The standard InChI is InChI=1S/C19H19NO3/c1-13-8-9-15-14(11-13)5-4-10-20(15)19(21)18-12-22-16-6-2-3-7-17(16)23-18/h2-3,6-9,11,18H,4-5,10,12H2,1H3. The molecule has 0 saturated heterocycles. The van der Waals surface area contributed by atoms with Gasteiger partial charge in [-0.05, 0) is 43.5 Å². The number of carbonyl (C=O) groups excluding carboxylic acids is 1. The predicted molar refractivity (Wildman–Crippen MR) is 88.2 cm³/mol. The first-order chi connectivity index (χ1) is 11.2. The number of fused-ring (bicyclic) bond motifs is 2. The van der Waals surface area contributed by atoms with E-state index in [1.165, 1.54) is 11.1 Å². The number of hydrogen-bond acceptors (Lipinski definition) is 3. The molecule has 2 heterocycles. The fourth-order valence-corrected chi connectivity index (χ4v) is 3.27. The lowest BCUT2D eigenvalue weighted by Gasteiger charge is -2.34. The van der Waals surface area contributed by atoms with Crippen LogP contribution < -0.4 is 14.4 Å². The fraction of sp³-hybridized carbons (Fsp3) is 0.316. The Balaban J connectivity index is 1.59. The molecule has 1 amide bonds. The van der Waals surface area contributed by atoms with E-state index < -0.39 is 6.10 Å². The maximum atomic E-state index is 12.9. The third-order valence-electron chi connectivity index (χ3n) is 4.40. The highest BCUT2D eigenvalue weighted by molar-refractivity contribution is 5.98. The quantitative estimate of drug-likeness (QED) is 0.812. The van der Waals surface area contributed by atoms with Crippen molar-refractivity contribution in [1.29, 1.82) is 0 Å². The van der Waals surface area contributed by atoms with Gasteiger partial charge in [-0.3, -0.25) is 4.79 Å². The molecule has 2 aromatic carbocycles. The Bertz CT molecular complexity index is 756. The zero-order valence-electron chi connectivity index (χ0n) is 13.1. The predicted octanol–water partition coefficient (Wildman–Crippen LogP) is 3.11. The van der Waals surface area contributed by atoms with E-state index in [-0.39, 0.29) is 12.5 Å². The summed E-state index contributed by atoms with van der Waals surface area (Å²) in [7, 11) is 0. The number of amides is 1. The number of para-hydroxylation sites is 2. The van der Waals surface area contributed by atoms with Gasteiger partial charge >= 0.3 is 0 Å². The first-order valence-corrected chi connectivity index (χ1v) is 8.02. The van der Waals surface area contributed by atoms with Crippen LogP contribution >= 0.6 is 0 Å². The summed E-state index contributed by atoms with van der Waals surface area (Å²) >= 11 is 0. The van der Waals surface area contributed by atoms with Crippen LogP contribution in [-0.2, 0) is 11.2 Å². The first kappa shape index (κ1) is 14.1. The SMILES string of the molecule is Cc1ccc2c(c1)CCCN2C(=O)C1COc2ccccc2O1. The number of ether oxygens (including phenoxy) is 2. The molecule has 4 rings (SSSR count). The largest absolute Gasteiger partial charge is 0.485 e. The minimum absolute atomic E-state index is 0.0238. The van der Waals surface area contributed by atoms with Crippen molar-refractivity contribution in [3.05, 3.63) is 53.6 Å². The van der Waals surface area contributed by atoms with Crippen LogP contribution in [0, 0.1) is 6.92 Å². The number of benzene rings is 2. The zero-order valence-corrected chi connectivity index (χ0v) is 13.1. The van der Waals surface area contributed by atoms with Crippen molar-refractivity contribution < 1.29 is 14.3 Å². The Morgan fingerprint density at radius 2 is 2.00 bits per heavy atom. The van der Waals surface area contributed by atoms with Crippen molar-refractivity contribution in [1.82, 2.24) is 0 Å². The fourth-order valence-electron chi connectivity index (χ4n) is 3.27. The van der Waals surface area contributed by atoms with Gasteiger partial charge in [0.2, 0.25) is 6.10 Å². The van der Waals surface area contributed by atoms with Crippen LogP contribution in [0.2, 0.25) is 0 Å². The van der Waals surface area contributed by atoms with Crippen molar-refractivity contribution in [2.75, 3.05) is 18.1 Å². The smallest absolute Gasteiger partial charge is 0.271 e. The highest BCUT2D eigenvalue weighted by atomic mass is 16.6. The lowest BCUT2D eigenvalue weighted by Crippen LogP contribution is -2.48. The van der Waals surface area contributed by atoms with Crippen molar-refractivity contribution in [2.24, 2.45) is 0 Å². The molecule has 2 aliphatic heterocycles. The normalized spacial score (nSPS) is 19.2. The van der Waals surface area contributed by atoms with Crippen LogP contribution in [0.1, 0.15) is 17.5 Å². The Labute approximate surface area is 135 Å². The summed E-state index contributed by atoms with van der Waals surface area (Å²) in [6, 6.07) is 13.7. The summed E-state index contributed by atoms with van der Waals surface area (Å²) in [5.74, 6) is 1.31. The van der Waals surface area contributed by atoms with E-state index >= 15 is 0 Å². The minimum Gasteiger partial charge on any atom is -0.485 e. The Hall–Kier alpha value is -2.49. The monoisotopic (exact) mass is 309 g/mol. The second-order valence-electron chi connectivity index (χ2n) is 6.09. The molecular weight excluding hydrogens is 290 g/mol. The average molecular weight is 309 g/mol. The molecule has 1 atom stereocenters.